The van der Waals surface area contributed by atoms with Crippen molar-refractivity contribution in [3.63, 3.8) is 0 Å². The van der Waals surface area contributed by atoms with Crippen molar-refractivity contribution in [2.24, 2.45) is 5.41 Å². The van der Waals surface area contributed by atoms with Gasteiger partial charge in [0.1, 0.15) is 0 Å². The third kappa shape index (κ3) is 4.42. The lowest BCUT2D eigenvalue weighted by molar-refractivity contribution is 0.494. The first-order valence-corrected chi connectivity index (χ1v) is 4.81. The summed E-state index contributed by atoms with van der Waals surface area (Å²) in [5.41, 5.74) is 1.70. The van der Waals surface area contributed by atoms with Crippen molar-refractivity contribution in [2.75, 3.05) is 0 Å². The molecule has 0 bridgehead atoms. The van der Waals surface area contributed by atoms with Gasteiger partial charge in [-0.15, -0.1) is 0 Å². The minimum atomic E-state index is 0.292. The number of allylic oxidation sites excluding steroid dienone is 1. The fraction of sp³-hybridized carbons (Fsp3) is 0.818. The van der Waals surface area contributed by atoms with Gasteiger partial charge in [0.15, 0.2) is 0 Å². The highest BCUT2D eigenvalue weighted by molar-refractivity contribution is 5.06. The second kappa shape index (κ2) is 4.54. The van der Waals surface area contributed by atoms with Gasteiger partial charge in [0.25, 0.3) is 0 Å². The molecular weight excluding hydrogens is 146 g/mol. The highest BCUT2D eigenvalue weighted by Crippen LogP contribution is 2.23. The van der Waals surface area contributed by atoms with Gasteiger partial charge in [-0.2, -0.15) is 0 Å². The Hall–Kier alpha value is -0.460. The van der Waals surface area contributed by atoms with Crippen molar-refractivity contribution >= 4 is 0 Å². The fourth-order valence-corrected chi connectivity index (χ4v) is 0.602. The van der Waals surface area contributed by atoms with Crippen LogP contribution in [0.2, 0.25) is 0 Å². The maximum absolute atomic E-state index is 3.38. The average Bonchev–Trinajstić information content (AvgIpc) is 1.97. The molecule has 0 aliphatic carbocycles. The predicted molar refractivity (Wildman–Crippen MR) is 56.1 cm³/mol. The Kier molecular flexibility index (Phi) is 4.36. The lowest BCUT2D eigenvalue weighted by atomic mass is 9.88. The van der Waals surface area contributed by atoms with Crippen molar-refractivity contribution in [3.05, 3.63) is 11.8 Å². The SMILES string of the molecule is CCC(C)N/C=C(\C)C(C)(C)C. The Morgan fingerprint density at radius 3 is 2.25 bits per heavy atom. The lowest BCUT2D eigenvalue weighted by Crippen LogP contribution is -2.21. The smallest absolute Gasteiger partial charge is 0.0224 e. The summed E-state index contributed by atoms with van der Waals surface area (Å²) in [6.07, 6.45) is 3.32. The summed E-state index contributed by atoms with van der Waals surface area (Å²) in [7, 11) is 0. The molecule has 0 amide bonds. The van der Waals surface area contributed by atoms with Crippen LogP contribution in [-0.2, 0) is 0 Å². The van der Waals surface area contributed by atoms with E-state index in [1.165, 1.54) is 12.0 Å². The summed E-state index contributed by atoms with van der Waals surface area (Å²) < 4.78 is 0. The van der Waals surface area contributed by atoms with E-state index in [1.54, 1.807) is 0 Å². The zero-order valence-corrected chi connectivity index (χ0v) is 9.36. The molecular formula is C11H23N. The first kappa shape index (κ1) is 11.5. The van der Waals surface area contributed by atoms with Crippen LogP contribution < -0.4 is 5.32 Å². The molecule has 1 nitrogen and oxygen atoms in total. The molecule has 0 spiro atoms. The first-order valence-electron chi connectivity index (χ1n) is 4.81. The van der Waals surface area contributed by atoms with Crippen molar-refractivity contribution in [1.29, 1.82) is 0 Å². The molecule has 1 heteroatoms. The van der Waals surface area contributed by atoms with Crippen LogP contribution in [0.4, 0.5) is 0 Å². The van der Waals surface area contributed by atoms with E-state index >= 15 is 0 Å². The summed E-state index contributed by atoms with van der Waals surface area (Å²) in [6, 6.07) is 0.585. The molecule has 0 aliphatic rings. The van der Waals surface area contributed by atoms with Gasteiger partial charge in [-0.1, -0.05) is 33.3 Å². The fourth-order valence-electron chi connectivity index (χ4n) is 0.602. The van der Waals surface area contributed by atoms with Crippen LogP contribution >= 0.6 is 0 Å². The van der Waals surface area contributed by atoms with E-state index in [0.717, 1.165) is 0 Å². The third-order valence-electron chi connectivity index (χ3n) is 2.38. The van der Waals surface area contributed by atoms with Gasteiger partial charge in [-0.05, 0) is 31.9 Å². The second-order valence-corrected chi connectivity index (χ2v) is 4.55. The van der Waals surface area contributed by atoms with E-state index in [9.17, 15) is 0 Å². The molecule has 0 rings (SSSR count). The minimum Gasteiger partial charge on any atom is -0.388 e. The van der Waals surface area contributed by atoms with Crippen LogP contribution in [0.15, 0.2) is 11.8 Å². The van der Waals surface area contributed by atoms with E-state index in [-0.39, 0.29) is 0 Å². The Bertz CT molecular complexity index is 151. The van der Waals surface area contributed by atoms with Crippen LogP contribution in [0.5, 0.6) is 0 Å². The summed E-state index contributed by atoms with van der Waals surface area (Å²) in [5.74, 6) is 0. The van der Waals surface area contributed by atoms with Crippen molar-refractivity contribution in [1.82, 2.24) is 5.32 Å². The Balaban J connectivity index is 4.01. The molecule has 0 saturated heterocycles. The number of rotatable bonds is 3. The predicted octanol–water partition coefficient (Wildman–Crippen LogP) is 3.32. The van der Waals surface area contributed by atoms with Gasteiger partial charge >= 0.3 is 0 Å². The normalized spacial score (nSPS) is 16.0. The minimum absolute atomic E-state index is 0.292. The number of hydrogen-bond donors (Lipinski definition) is 1. The van der Waals surface area contributed by atoms with Gasteiger partial charge in [-0.25, -0.2) is 0 Å². The molecule has 12 heavy (non-hydrogen) atoms. The highest BCUT2D eigenvalue weighted by atomic mass is 14.9. The molecule has 0 saturated carbocycles. The zero-order valence-electron chi connectivity index (χ0n) is 9.36. The van der Waals surface area contributed by atoms with Crippen LogP contribution in [0.25, 0.3) is 0 Å². The third-order valence-corrected chi connectivity index (χ3v) is 2.38. The standard InChI is InChI=1S/C11H23N/c1-7-10(3)12-8-9(2)11(4,5)6/h8,10,12H,7H2,1-6H3/b9-8+. The number of nitrogens with one attached hydrogen (secondary N) is 1. The summed E-state index contributed by atoms with van der Waals surface area (Å²) in [5, 5.41) is 3.38. The lowest BCUT2D eigenvalue weighted by Gasteiger charge is -2.20. The second-order valence-electron chi connectivity index (χ2n) is 4.55. The summed E-state index contributed by atoms with van der Waals surface area (Å²) in [4.78, 5) is 0. The van der Waals surface area contributed by atoms with Crippen LogP contribution in [0.1, 0.15) is 48.0 Å². The van der Waals surface area contributed by atoms with E-state index in [0.29, 0.717) is 11.5 Å². The van der Waals surface area contributed by atoms with E-state index in [2.05, 4.69) is 53.1 Å². The molecule has 0 aromatic heterocycles. The molecule has 0 fully saturated rings. The van der Waals surface area contributed by atoms with Crippen molar-refractivity contribution < 1.29 is 0 Å². The molecule has 0 aromatic carbocycles. The first-order chi connectivity index (χ1) is 5.38. The van der Waals surface area contributed by atoms with Crippen molar-refractivity contribution in [2.45, 2.75) is 54.0 Å². The average molecular weight is 169 g/mol. The molecule has 0 aromatic rings. The van der Waals surface area contributed by atoms with Crippen LogP contribution in [0.3, 0.4) is 0 Å². The zero-order chi connectivity index (χ0) is 9.78. The highest BCUT2D eigenvalue weighted by Gasteiger charge is 2.11. The van der Waals surface area contributed by atoms with Gasteiger partial charge in [0.05, 0.1) is 0 Å². The molecule has 1 atom stereocenters. The monoisotopic (exact) mass is 169 g/mol. The maximum Gasteiger partial charge on any atom is 0.0224 e. The summed E-state index contributed by atoms with van der Waals surface area (Å²) >= 11 is 0. The Morgan fingerprint density at radius 1 is 1.42 bits per heavy atom. The van der Waals surface area contributed by atoms with Gasteiger partial charge in [0, 0.05) is 6.04 Å². The van der Waals surface area contributed by atoms with E-state index in [4.69, 9.17) is 0 Å². The Morgan fingerprint density at radius 2 is 1.92 bits per heavy atom. The van der Waals surface area contributed by atoms with Gasteiger partial charge < -0.3 is 5.32 Å². The van der Waals surface area contributed by atoms with Crippen molar-refractivity contribution in [3.8, 4) is 0 Å². The quantitative estimate of drug-likeness (QED) is 0.683. The molecule has 1 N–H and O–H groups in total. The van der Waals surface area contributed by atoms with Gasteiger partial charge in [0.2, 0.25) is 0 Å². The molecule has 0 aliphatic heterocycles. The molecule has 0 radical (unpaired) electrons. The Labute approximate surface area is 77.2 Å². The maximum atomic E-state index is 3.38. The summed E-state index contributed by atoms with van der Waals surface area (Å²) in [6.45, 7) is 13.3. The van der Waals surface area contributed by atoms with Gasteiger partial charge in [-0.3, -0.25) is 0 Å². The van der Waals surface area contributed by atoms with Crippen LogP contribution in [-0.4, -0.2) is 6.04 Å². The molecule has 72 valence electrons. The van der Waals surface area contributed by atoms with Crippen LogP contribution in [0, 0.1) is 5.41 Å². The topological polar surface area (TPSA) is 12.0 Å². The van der Waals surface area contributed by atoms with E-state index in [1.807, 2.05) is 0 Å². The number of hydrogen-bond acceptors (Lipinski definition) is 1. The van der Waals surface area contributed by atoms with E-state index < -0.39 is 0 Å². The largest absolute Gasteiger partial charge is 0.388 e. The molecule has 1 unspecified atom stereocenters. The molecule has 0 heterocycles.